The Bertz CT molecular complexity index is 583. The van der Waals surface area contributed by atoms with Gasteiger partial charge in [-0.3, -0.25) is 0 Å². The van der Waals surface area contributed by atoms with E-state index < -0.39 is 11.2 Å². The molecule has 0 amide bonds. The molecule has 0 saturated carbocycles. The lowest BCUT2D eigenvalue weighted by molar-refractivity contribution is 0.196. The average Bonchev–Trinajstić information content (AvgIpc) is 2.54. The zero-order chi connectivity index (χ0) is 15.3. The van der Waals surface area contributed by atoms with Crippen LogP contribution < -0.4 is 10.5 Å². The predicted octanol–water partition coefficient (Wildman–Crippen LogP) is 2.27. The van der Waals surface area contributed by atoms with Crippen LogP contribution in [0, 0.1) is 5.82 Å². The number of halogens is 1. The van der Waals surface area contributed by atoms with Crippen molar-refractivity contribution < 1.29 is 14.2 Å². The fourth-order valence-electron chi connectivity index (χ4n) is 2.51. The second-order valence-electron chi connectivity index (χ2n) is 5.15. The molecule has 0 fully saturated rings. The van der Waals surface area contributed by atoms with Gasteiger partial charge in [-0.25, -0.2) is 4.39 Å². The Morgan fingerprint density at radius 3 is 2.43 bits per heavy atom. The maximum absolute atomic E-state index is 13.8. The topological polar surface area (TPSA) is 55.5 Å². The summed E-state index contributed by atoms with van der Waals surface area (Å²) in [6.07, 6.45) is 0.463. The number of hydrogen-bond donors (Lipinski definition) is 2. The number of methoxy groups -OCH3 is 1. The molecule has 0 spiro atoms. The molecule has 0 aromatic heterocycles. The van der Waals surface area contributed by atoms with Crippen molar-refractivity contribution in [2.75, 3.05) is 20.3 Å². The van der Waals surface area contributed by atoms with Gasteiger partial charge in [0.25, 0.3) is 0 Å². The van der Waals surface area contributed by atoms with Gasteiger partial charge in [0.15, 0.2) is 11.6 Å². The van der Waals surface area contributed by atoms with Crippen molar-refractivity contribution in [1.29, 1.82) is 0 Å². The number of nitrogens with two attached hydrogens (primary N) is 1. The highest BCUT2D eigenvalue weighted by Crippen LogP contribution is 2.29. The Morgan fingerprint density at radius 1 is 1.19 bits per heavy atom. The maximum atomic E-state index is 13.8. The van der Waals surface area contributed by atoms with E-state index >= 15 is 0 Å². The van der Waals surface area contributed by atoms with E-state index in [1.165, 1.54) is 13.2 Å². The Hall–Kier alpha value is -1.91. The van der Waals surface area contributed by atoms with Gasteiger partial charge in [0.1, 0.15) is 0 Å². The van der Waals surface area contributed by atoms with Gasteiger partial charge >= 0.3 is 0 Å². The summed E-state index contributed by atoms with van der Waals surface area (Å²) in [5.74, 6) is -0.201. The number of rotatable bonds is 6. The molecular formula is C17H20FNO2. The molecule has 2 aromatic carbocycles. The van der Waals surface area contributed by atoms with E-state index in [1.807, 2.05) is 30.3 Å². The summed E-state index contributed by atoms with van der Waals surface area (Å²) >= 11 is 0. The highest BCUT2D eigenvalue weighted by atomic mass is 19.1. The van der Waals surface area contributed by atoms with Gasteiger partial charge in [0.2, 0.25) is 0 Å². The number of aliphatic hydroxyl groups is 1. The number of hydrogen-bond acceptors (Lipinski definition) is 3. The van der Waals surface area contributed by atoms with E-state index in [-0.39, 0.29) is 18.9 Å². The van der Waals surface area contributed by atoms with Crippen LogP contribution in [0.3, 0.4) is 0 Å². The lowest BCUT2D eigenvalue weighted by atomic mass is 9.76. The van der Waals surface area contributed by atoms with Crippen molar-refractivity contribution in [2.24, 2.45) is 5.73 Å². The SMILES string of the molecule is COc1ccc(CC(CN)(CO)c2ccccc2)cc1F. The molecule has 0 bridgehead atoms. The molecule has 3 N–H and O–H groups in total. The molecule has 4 heteroatoms. The molecule has 0 aliphatic heterocycles. The standard InChI is InChI=1S/C17H20FNO2/c1-21-16-8-7-13(9-15(16)18)10-17(11-19,12-20)14-5-3-2-4-6-14/h2-9,20H,10-12,19H2,1H3. The largest absolute Gasteiger partial charge is 0.494 e. The van der Waals surface area contributed by atoms with Crippen molar-refractivity contribution in [1.82, 2.24) is 0 Å². The van der Waals surface area contributed by atoms with Gasteiger partial charge in [0.05, 0.1) is 13.7 Å². The number of ether oxygens (including phenoxy) is 1. The average molecular weight is 289 g/mol. The molecule has 2 rings (SSSR count). The molecule has 3 nitrogen and oxygen atoms in total. The minimum atomic E-state index is -0.609. The summed E-state index contributed by atoms with van der Waals surface area (Å²) in [5, 5.41) is 9.86. The number of aliphatic hydroxyl groups excluding tert-OH is 1. The van der Waals surface area contributed by atoms with Crippen LogP contribution >= 0.6 is 0 Å². The van der Waals surface area contributed by atoms with Gasteiger partial charge in [-0.2, -0.15) is 0 Å². The minimum Gasteiger partial charge on any atom is -0.494 e. The molecule has 112 valence electrons. The first-order chi connectivity index (χ1) is 10.1. The maximum Gasteiger partial charge on any atom is 0.165 e. The monoisotopic (exact) mass is 289 g/mol. The highest BCUT2D eigenvalue weighted by Gasteiger charge is 2.30. The fourth-order valence-corrected chi connectivity index (χ4v) is 2.51. The van der Waals surface area contributed by atoms with Crippen LogP contribution in [0.5, 0.6) is 5.75 Å². The molecule has 0 heterocycles. The third kappa shape index (κ3) is 3.23. The van der Waals surface area contributed by atoms with Crippen molar-refractivity contribution in [2.45, 2.75) is 11.8 Å². The van der Waals surface area contributed by atoms with Gasteiger partial charge in [-0.15, -0.1) is 0 Å². The third-order valence-electron chi connectivity index (χ3n) is 3.84. The van der Waals surface area contributed by atoms with E-state index in [0.29, 0.717) is 6.42 Å². The summed E-state index contributed by atoms with van der Waals surface area (Å²) < 4.78 is 18.7. The van der Waals surface area contributed by atoms with Crippen LogP contribution in [0.15, 0.2) is 48.5 Å². The second-order valence-corrected chi connectivity index (χ2v) is 5.15. The van der Waals surface area contributed by atoms with Crippen LogP contribution in [0.2, 0.25) is 0 Å². The van der Waals surface area contributed by atoms with E-state index in [4.69, 9.17) is 10.5 Å². The zero-order valence-electron chi connectivity index (χ0n) is 12.1. The zero-order valence-corrected chi connectivity index (χ0v) is 12.1. The highest BCUT2D eigenvalue weighted by molar-refractivity contribution is 5.34. The summed E-state index contributed by atoms with van der Waals surface area (Å²) in [7, 11) is 1.43. The molecule has 0 aliphatic carbocycles. The molecule has 21 heavy (non-hydrogen) atoms. The van der Waals surface area contributed by atoms with E-state index in [0.717, 1.165) is 11.1 Å². The first kappa shape index (κ1) is 15.5. The molecule has 1 atom stereocenters. The first-order valence-corrected chi connectivity index (χ1v) is 6.84. The molecule has 0 radical (unpaired) electrons. The Labute approximate surface area is 124 Å². The molecular weight excluding hydrogens is 269 g/mol. The van der Waals surface area contributed by atoms with Crippen LogP contribution in [-0.4, -0.2) is 25.4 Å². The summed E-state index contributed by atoms with van der Waals surface area (Å²) in [5.41, 5.74) is 7.03. The lowest BCUT2D eigenvalue weighted by Gasteiger charge is -2.31. The van der Waals surface area contributed by atoms with E-state index in [9.17, 15) is 9.50 Å². The third-order valence-corrected chi connectivity index (χ3v) is 3.84. The quantitative estimate of drug-likeness (QED) is 0.857. The van der Waals surface area contributed by atoms with Gasteiger partial charge in [-0.05, 0) is 29.7 Å². The van der Waals surface area contributed by atoms with Gasteiger partial charge in [0, 0.05) is 12.0 Å². The Kier molecular flexibility index (Phi) is 4.94. The van der Waals surface area contributed by atoms with Gasteiger partial charge in [-0.1, -0.05) is 36.4 Å². The first-order valence-electron chi connectivity index (χ1n) is 6.84. The predicted molar refractivity (Wildman–Crippen MR) is 80.9 cm³/mol. The Balaban J connectivity index is 2.34. The normalized spacial score (nSPS) is 13.7. The number of benzene rings is 2. The van der Waals surface area contributed by atoms with E-state index in [1.54, 1.807) is 12.1 Å². The summed E-state index contributed by atoms with van der Waals surface area (Å²) in [4.78, 5) is 0. The van der Waals surface area contributed by atoms with Crippen LogP contribution in [0.4, 0.5) is 4.39 Å². The van der Waals surface area contributed by atoms with Crippen molar-refractivity contribution in [3.8, 4) is 5.75 Å². The molecule has 2 aromatic rings. The van der Waals surface area contributed by atoms with Crippen molar-refractivity contribution in [3.05, 3.63) is 65.5 Å². The summed E-state index contributed by atoms with van der Waals surface area (Å²) in [6.45, 7) is 0.183. The van der Waals surface area contributed by atoms with Crippen LogP contribution in [-0.2, 0) is 11.8 Å². The van der Waals surface area contributed by atoms with Gasteiger partial charge < -0.3 is 15.6 Å². The van der Waals surface area contributed by atoms with Crippen molar-refractivity contribution >= 4 is 0 Å². The molecule has 0 aliphatic rings. The minimum absolute atomic E-state index is 0.0961. The van der Waals surface area contributed by atoms with E-state index in [2.05, 4.69) is 0 Å². The Morgan fingerprint density at radius 2 is 1.90 bits per heavy atom. The van der Waals surface area contributed by atoms with Crippen molar-refractivity contribution in [3.63, 3.8) is 0 Å². The second kappa shape index (κ2) is 6.70. The van der Waals surface area contributed by atoms with Crippen LogP contribution in [0.25, 0.3) is 0 Å². The summed E-state index contributed by atoms with van der Waals surface area (Å²) in [6, 6.07) is 14.4. The molecule has 1 unspecified atom stereocenters. The fraction of sp³-hybridized carbons (Fsp3) is 0.294. The van der Waals surface area contributed by atoms with Crippen LogP contribution in [0.1, 0.15) is 11.1 Å². The lowest BCUT2D eigenvalue weighted by Crippen LogP contribution is -2.41. The smallest absolute Gasteiger partial charge is 0.165 e. The molecule has 0 saturated heterocycles.